The zero-order valence-electron chi connectivity index (χ0n) is 13.4. The summed E-state index contributed by atoms with van der Waals surface area (Å²) >= 11 is 0. The third-order valence-electron chi connectivity index (χ3n) is 3.89. The first-order valence-corrected chi connectivity index (χ1v) is 7.84. The van der Waals surface area contributed by atoms with Crippen LogP contribution in [0.4, 0.5) is 14.5 Å². The van der Waals surface area contributed by atoms with Crippen molar-refractivity contribution in [3.8, 4) is 11.5 Å². The number of nitrogens with zero attached hydrogens (tertiary/aromatic N) is 1. The molecule has 6 heteroatoms. The van der Waals surface area contributed by atoms with Crippen LogP contribution in [0.25, 0.3) is 22.6 Å². The normalized spacial score (nSPS) is 10.8. The quantitative estimate of drug-likeness (QED) is 0.564. The number of nitrogens with one attached hydrogen (secondary N) is 1. The number of anilines is 1. The van der Waals surface area contributed by atoms with Crippen molar-refractivity contribution < 1.29 is 18.0 Å². The van der Waals surface area contributed by atoms with Crippen LogP contribution in [-0.2, 0) is 0 Å². The lowest BCUT2D eigenvalue weighted by Gasteiger charge is -2.10. The van der Waals surface area contributed by atoms with Gasteiger partial charge in [-0.3, -0.25) is 4.79 Å². The molecule has 1 amide bonds. The molecule has 3 aromatic carbocycles. The number of amides is 1. The SMILES string of the molecule is O=C(Nc1ccccc1-c1nc2ccccc2o1)c1c(F)cccc1F. The largest absolute Gasteiger partial charge is 0.436 e. The molecule has 0 aliphatic rings. The lowest BCUT2D eigenvalue weighted by Crippen LogP contribution is -2.16. The Morgan fingerprint density at radius 3 is 2.35 bits per heavy atom. The fourth-order valence-electron chi connectivity index (χ4n) is 2.67. The predicted octanol–water partition coefficient (Wildman–Crippen LogP) is 5.03. The minimum atomic E-state index is -0.929. The maximum absolute atomic E-state index is 13.8. The average Bonchev–Trinajstić information content (AvgIpc) is 3.06. The average molecular weight is 350 g/mol. The van der Waals surface area contributed by atoms with Gasteiger partial charge in [0.25, 0.3) is 5.91 Å². The van der Waals surface area contributed by atoms with Gasteiger partial charge in [0, 0.05) is 0 Å². The highest BCUT2D eigenvalue weighted by molar-refractivity contribution is 6.06. The Kier molecular flexibility index (Phi) is 3.93. The Bertz CT molecular complexity index is 1070. The lowest BCUT2D eigenvalue weighted by atomic mass is 10.1. The van der Waals surface area contributed by atoms with E-state index < -0.39 is 23.1 Å². The van der Waals surface area contributed by atoms with Crippen molar-refractivity contribution in [3.05, 3.63) is 83.9 Å². The molecule has 0 spiro atoms. The van der Waals surface area contributed by atoms with Gasteiger partial charge < -0.3 is 9.73 Å². The summed E-state index contributed by atoms with van der Waals surface area (Å²) in [4.78, 5) is 16.8. The molecule has 0 unspecified atom stereocenters. The first-order valence-electron chi connectivity index (χ1n) is 7.84. The standard InChI is InChI=1S/C20H12F2N2O2/c21-13-7-5-8-14(22)18(13)19(25)23-15-9-2-1-6-12(15)20-24-16-10-3-4-11-17(16)26-20/h1-11H,(H,23,25). The molecule has 0 atom stereocenters. The number of carbonyl (C=O) groups excluding carboxylic acids is 1. The van der Waals surface area contributed by atoms with Crippen LogP contribution in [-0.4, -0.2) is 10.9 Å². The Morgan fingerprint density at radius 2 is 1.58 bits per heavy atom. The lowest BCUT2D eigenvalue weighted by molar-refractivity contribution is 0.101. The Morgan fingerprint density at radius 1 is 0.885 bits per heavy atom. The van der Waals surface area contributed by atoms with Crippen LogP contribution >= 0.6 is 0 Å². The van der Waals surface area contributed by atoms with Crippen LogP contribution in [0.1, 0.15) is 10.4 Å². The summed E-state index contributed by atoms with van der Waals surface area (Å²) in [6.45, 7) is 0. The number of halogens is 2. The second kappa shape index (κ2) is 6.40. The Hall–Kier alpha value is -3.54. The van der Waals surface area contributed by atoms with E-state index in [1.54, 1.807) is 36.4 Å². The molecule has 128 valence electrons. The van der Waals surface area contributed by atoms with E-state index in [0.717, 1.165) is 12.1 Å². The summed E-state index contributed by atoms with van der Waals surface area (Å²) in [5, 5.41) is 2.53. The van der Waals surface area contributed by atoms with Crippen molar-refractivity contribution in [2.24, 2.45) is 0 Å². The fraction of sp³-hybridized carbons (Fsp3) is 0. The van der Waals surface area contributed by atoms with Crippen LogP contribution in [0.3, 0.4) is 0 Å². The monoisotopic (exact) mass is 350 g/mol. The van der Waals surface area contributed by atoms with Gasteiger partial charge in [0.05, 0.1) is 11.3 Å². The van der Waals surface area contributed by atoms with E-state index in [2.05, 4.69) is 10.3 Å². The molecule has 1 aromatic heterocycles. The summed E-state index contributed by atoms with van der Waals surface area (Å²) in [5.74, 6) is -2.44. The van der Waals surface area contributed by atoms with Crippen LogP contribution in [0, 0.1) is 11.6 Å². The minimum absolute atomic E-state index is 0.302. The van der Waals surface area contributed by atoms with E-state index >= 15 is 0 Å². The highest BCUT2D eigenvalue weighted by Gasteiger charge is 2.19. The van der Waals surface area contributed by atoms with E-state index in [1.165, 1.54) is 6.07 Å². The molecule has 1 N–H and O–H groups in total. The highest BCUT2D eigenvalue weighted by atomic mass is 19.1. The van der Waals surface area contributed by atoms with Gasteiger partial charge in [-0.1, -0.05) is 30.3 Å². The molecule has 0 saturated heterocycles. The van der Waals surface area contributed by atoms with E-state index in [-0.39, 0.29) is 0 Å². The number of carbonyl (C=O) groups is 1. The molecule has 26 heavy (non-hydrogen) atoms. The van der Waals surface area contributed by atoms with Gasteiger partial charge in [-0.15, -0.1) is 0 Å². The Labute approximate surface area is 147 Å². The van der Waals surface area contributed by atoms with Crippen LogP contribution in [0.2, 0.25) is 0 Å². The number of para-hydroxylation sites is 3. The maximum Gasteiger partial charge on any atom is 0.261 e. The second-order valence-electron chi connectivity index (χ2n) is 5.58. The highest BCUT2D eigenvalue weighted by Crippen LogP contribution is 2.30. The number of rotatable bonds is 3. The summed E-state index contributed by atoms with van der Waals surface area (Å²) < 4.78 is 33.4. The smallest absolute Gasteiger partial charge is 0.261 e. The summed E-state index contributed by atoms with van der Waals surface area (Å²) in [7, 11) is 0. The number of hydrogen-bond acceptors (Lipinski definition) is 3. The molecule has 4 rings (SSSR count). The number of oxazole rings is 1. The van der Waals surface area contributed by atoms with Gasteiger partial charge in [0.15, 0.2) is 5.58 Å². The molecular weight excluding hydrogens is 338 g/mol. The van der Waals surface area contributed by atoms with Gasteiger partial charge in [-0.2, -0.15) is 0 Å². The number of benzene rings is 3. The predicted molar refractivity (Wildman–Crippen MR) is 93.8 cm³/mol. The third-order valence-corrected chi connectivity index (χ3v) is 3.89. The van der Waals surface area contributed by atoms with E-state index in [9.17, 15) is 13.6 Å². The van der Waals surface area contributed by atoms with Crippen molar-refractivity contribution in [3.63, 3.8) is 0 Å². The first-order chi connectivity index (χ1) is 12.6. The van der Waals surface area contributed by atoms with Crippen molar-refractivity contribution in [2.75, 3.05) is 5.32 Å². The van der Waals surface area contributed by atoms with E-state index in [1.807, 2.05) is 12.1 Å². The zero-order valence-corrected chi connectivity index (χ0v) is 13.4. The van der Waals surface area contributed by atoms with Gasteiger partial charge >= 0.3 is 0 Å². The van der Waals surface area contributed by atoms with Crippen molar-refractivity contribution in [1.29, 1.82) is 0 Å². The zero-order chi connectivity index (χ0) is 18.1. The molecule has 4 nitrogen and oxygen atoms in total. The van der Waals surface area contributed by atoms with Crippen LogP contribution in [0.5, 0.6) is 0 Å². The molecule has 0 radical (unpaired) electrons. The molecule has 1 heterocycles. The molecule has 0 bridgehead atoms. The van der Waals surface area contributed by atoms with Crippen molar-refractivity contribution in [1.82, 2.24) is 4.98 Å². The van der Waals surface area contributed by atoms with Crippen molar-refractivity contribution in [2.45, 2.75) is 0 Å². The third kappa shape index (κ3) is 2.82. The molecule has 0 saturated carbocycles. The molecule has 0 fully saturated rings. The molecule has 0 aliphatic carbocycles. The van der Waals surface area contributed by atoms with Gasteiger partial charge in [0.2, 0.25) is 5.89 Å². The molecule has 4 aromatic rings. The van der Waals surface area contributed by atoms with Crippen molar-refractivity contribution >= 4 is 22.7 Å². The summed E-state index contributed by atoms with van der Waals surface area (Å²) in [5.41, 5.74) is 1.48. The number of hydrogen-bond donors (Lipinski definition) is 1. The number of fused-ring (bicyclic) bond motifs is 1. The van der Waals surface area contributed by atoms with Gasteiger partial charge in [-0.25, -0.2) is 13.8 Å². The molecule has 0 aliphatic heterocycles. The van der Waals surface area contributed by atoms with Crippen LogP contribution in [0.15, 0.2) is 71.1 Å². The minimum Gasteiger partial charge on any atom is -0.436 e. The van der Waals surface area contributed by atoms with Gasteiger partial charge in [-0.05, 0) is 36.4 Å². The Balaban J connectivity index is 1.73. The van der Waals surface area contributed by atoms with E-state index in [4.69, 9.17) is 4.42 Å². The summed E-state index contributed by atoms with van der Waals surface area (Å²) in [6.07, 6.45) is 0. The fourth-order valence-corrected chi connectivity index (χ4v) is 2.67. The topological polar surface area (TPSA) is 55.1 Å². The first kappa shape index (κ1) is 16.0. The number of aromatic nitrogens is 1. The van der Waals surface area contributed by atoms with E-state index in [0.29, 0.717) is 28.2 Å². The second-order valence-corrected chi connectivity index (χ2v) is 5.58. The van der Waals surface area contributed by atoms with Crippen LogP contribution < -0.4 is 5.32 Å². The summed E-state index contributed by atoms with van der Waals surface area (Å²) in [6, 6.07) is 17.3. The maximum atomic E-state index is 13.8. The van der Waals surface area contributed by atoms with Gasteiger partial charge in [0.1, 0.15) is 22.7 Å². The molecular formula is C20H12F2N2O2.